The molecule has 0 radical (unpaired) electrons. The van der Waals surface area contributed by atoms with E-state index >= 15 is 0 Å². The number of nitrogens with zero attached hydrogens (tertiary/aromatic N) is 2. The van der Waals surface area contributed by atoms with Gasteiger partial charge in [-0.3, -0.25) is 0 Å². The SMILES string of the molecule is Cc1ccn(-c2ccc(F)cc2CNC(C)C)n1. The number of rotatable bonds is 4. The number of halogens is 1. The predicted octanol–water partition coefficient (Wildman–Crippen LogP) is 2.82. The summed E-state index contributed by atoms with van der Waals surface area (Å²) in [6, 6.07) is 7.08. The molecule has 0 spiro atoms. The maximum Gasteiger partial charge on any atom is 0.123 e. The third kappa shape index (κ3) is 2.96. The average Bonchev–Trinajstić information content (AvgIpc) is 2.73. The Balaban J connectivity index is 2.34. The van der Waals surface area contributed by atoms with Gasteiger partial charge in [0.25, 0.3) is 0 Å². The number of hydrogen-bond acceptors (Lipinski definition) is 2. The first-order chi connectivity index (χ1) is 8.56. The van der Waals surface area contributed by atoms with Gasteiger partial charge in [0.2, 0.25) is 0 Å². The average molecular weight is 247 g/mol. The first kappa shape index (κ1) is 12.8. The Hall–Kier alpha value is -1.68. The van der Waals surface area contributed by atoms with Crippen molar-refractivity contribution in [2.24, 2.45) is 0 Å². The van der Waals surface area contributed by atoms with Crippen molar-refractivity contribution in [1.29, 1.82) is 0 Å². The van der Waals surface area contributed by atoms with Crippen molar-refractivity contribution in [3.05, 3.63) is 47.5 Å². The molecule has 1 aromatic heterocycles. The second-order valence-corrected chi connectivity index (χ2v) is 4.71. The lowest BCUT2D eigenvalue weighted by molar-refractivity contribution is 0.578. The molecule has 0 aliphatic heterocycles. The topological polar surface area (TPSA) is 29.9 Å². The standard InChI is InChI=1S/C14H18FN3/c1-10(2)16-9-12-8-13(15)4-5-14(12)18-7-6-11(3)17-18/h4-8,10,16H,9H2,1-3H3. The molecule has 3 nitrogen and oxygen atoms in total. The predicted molar refractivity (Wildman–Crippen MR) is 70.2 cm³/mol. The third-order valence-corrected chi connectivity index (χ3v) is 2.71. The number of aryl methyl sites for hydroxylation is 1. The molecule has 0 unspecified atom stereocenters. The molecule has 96 valence electrons. The van der Waals surface area contributed by atoms with Crippen LogP contribution in [0.25, 0.3) is 5.69 Å². The molecule has 0 aliphatic rings. The molecule has 0 bridgehead atoms. The van der Waals surface area contributed by atoms with Gasteiger partial charge < -0.3 is 5.32 Å². The van der Waals surface area contributed by atoms with Gasteiger partial charge in [0.15, 0.2) is 0 Å². The largest absolute Gasteiger partial charge is 0.310 e. The van der Waals surface area contributed by atoms with Gasteiger partial charge in [-0.1, -0.05) is 13.8 Å². The van der Waals surface area contributed by atoms with Crippen molar-refractivity contribution in [2.75, 3.05) is 0 Å². The Bertz CT molecular complexity index is 532. The molecule has 2 rings (SSSR count). The summed E-state index contributed by atoms with van der Waals surface area (Å²) in [5.74, 6) is -0.219. The second kappa shape index (κ2) is 5.31. The van der Waals surface area contributed by atoms with Crippen molar-refractivity contribution < 1.29 is 4.39 Å². The molecule has 1 aromatic carbocycles. The number of hydrogen-bond donors (Lipinski definition) is 1. The van der Waals surface area contributed by atoms with E-state index in [4.69, 9.17) is 0 Å². The molecule has 2 aromatic rings. The smallest absolute Gasteiger partial charge is 0.123 e. The van der Waals surface area contributed by atoms with E-state index < -0.39 is 0 Å². The van der Waals surface area contributed by atoms with Crippen LogP contribution in [0.1, 0.15) is 25.1 Å². The molecular formula is C14H18FN3. The molecule has 1 heterocycles. The van der Waals surface area contributed by atoms with Crippen LogP contribution in [0, 0.1) is 12.7 Å². The minimum absolute atomic E-state index is 0.219. The highest BCUT2D eigenvalue weighted by molar-refractivity contribution is 5.40. The van der Waals surface area contributed by atoms with E-state index in [2.05, 4.69) is 24.3 Å². The van der Waals surface area contributed by atoms with Crippen LogP contribution in [0.15, 0.2) is 30.5 Å². The lowest BCUT2D eigenvalue weighted by atomic mass is 10.1. The van der Waals surface area contributed by atoms with E-state index in [0.717, 1.165) is 16.9 Å². The van der Waals surface area contributed by atoms with Crippen molar-refractivity contribution in [1.82, 2.24) is 15.1 Å². The molecular weight excluding hydrogens is 229 g/mol. The summed E-state index contributed by atoms with van der Waals surface area (Å²) in [5, 5.41) is 7.66. The molecule has 0 aliphatic carbocycles. The Morgan fingerprint density at radius 3 is 2.72 bits per heavy atom. The molecule has 4 heteroatoms. The van der Waals surface area contributed by atoms with Gasteiger partial charge in [-0.15, -0.1) is 0 Å². The summed E-state index contributed by atoms with van der Waals surface area (Å²) >= 11 is 0. The highest BCUT2D eigenvalue weighted by Gasteiger charge is 2.07. The molecule has 0 saturated heterocycles. The number of nitrogens with one attached hydrogen (secondary N) is 1. The van der Waals surface area contributed by atoms with Gasteiger partial charge in [0.05, 0.1) is 11.4 Å². The maximum absolute atomic E-state index is 13.3. The maximum atomic E-state index is 13.3. The molecule has 18 heavy (non-hydrogen) atoms. The monoisotopic (exact) mass is 247 g/mol. The first-order valence-electron chi connectivity index (χ1n) is 6.10. The van der Waals surface area contributed by atoms with Crippen molar-refractivity contribution in [2.45, 2.75) is 33.4 Å². The molecule has 0 amide bonds. The van der Waals surface area contributed by atoms with E-state index in [1.807, 2.05) is 19.2 Å². The van der Waals surface area contributed by atoms with Crippen LogP contribution in [-0.4, -0.2) is 15.8 Å². The van der Waals surface area contributed by atoms with E-state index in [1.54, 1.807) is 16.8 Å². The third-order valence-electron chi connectivity index (χ3n) is 2.71. The number of aromatic nitrogens is 2. The fraction of sp³-hybridized carbons (Fsp3) is 0.357. The van der Waals surface area contributed by atoms with E-state index in [9.17, 15) is 4.39 Å². The molecule has 0 saturated carbocycles. The van der Waals surface area contributed by atoms with Crippen LogP contribution in [-0.2, 0) is 6.54 Å². The van der Waals surface area contributed by atoms with Crippen LogP contribution in [0.5, 0.6) is 0 Å². The summed E-state index contributed by atoms with van der Waals surface area (Å²) in [6.45, 7) is 6.70. The summed E-state index contributed by atoms with van der Waals surface area (Å²) in [5.41, 5.74) is 2.77. The van der Waals surface area contributed by atoms with Crippen LogP contribution in [0.2, 0.25) is 0 Å². The Labute approximate surface area is 107 Å². The van der Waals surface area contributed by atoms with E-state index in [0.29, 0.717) is 12.6 Å². The fourth-order valence-corrected chi connectivity index (χ4v) is 1.78. The summed E-state index contributed by atoms with van der Waals surface area (Å²) in [6.07, 6.45) is 1.89. The van der Waals surface area contributed by atoms with Gasteiger partial charge in [-0.05, 0) is 36.8 Å². The summed E-state index contributed by atoms with van der Waals surface area (Å²) in [4.78, 5) is 0. The lowest BCUT2D eigenvalue weighted by Crippen LogP contribution is -2.22. The molecule has 0 atom stereocenters. The number of benzene rings is 1. The molecule has 0 fully saturated rings. The minimum atomic E-state index is -0.219. The van der Waals surface area contributed by atoms with Crippen LogP contribution in [0.4, 0.5) is 4.39 Å². The second-order valence-electron chi connectivity index (χ2n) is 4.71. The summed E-state index contributed by atoms with van der Waals surface area (Å²) in [7, 11) is 0. The van der Waals surface area contributed by atoms with Gasteiger partial charge in [-0.25, -0.2) is 9.07 Å². The van der Waals surface area contributed by atoms with Crippen molar-refractivity contribution in [3.8, 4) is 5.69 Å². The van der Waals surface area contributed by atoms with Crippen LogP contribution >= 0.6 is 0 Å². The zero-order valence-electron chi connectivity index (χ0n) is 10.9. The highest BCUT2D eigenvalue weighted by atomic mass is 19.1. The van der Waals surface area contributed by atoms with Crippen molar-refractivity contribution >= 4 is 0 Å². The zero-order valence-corrected chi connectivity index (χ0v) is 10.9. The zero-order chi connectivity index (χ0) is 13.1. The van der Waals surface area contributed by atoms with Crippen molar-refractivity contribution in [3.63, 3.8) is 0 Å². The highest BCUT2D eigenvalue weighted by Crippen LogP contribution is 2.16. The van der Waals surface area contributed by atoms with Gasteiger partial charge >= 0.3 is 0 Å². The Morgan fingerprint density at radius 1 is 1.33 bits per heavy atom. The van der Waals surface area contributed by atoms with Crippen LogP contribution < -0.4 is 5.32 Å². The fourth-order valence-electron chi connectivity index (χ4n) is 1.78. The normalized spacial score (nSPS) is 11.2. The van der Waals surface area contributed by atoms with Gasteiger partial charge in [0, 0.05) is 18.8 Å². The van der Waals surface area contributed by atoms with E-state index in [-0.39, 0.29) is 5.82 Å². The Kier molecular flexibility index (Phi) is 3.77. The van der Waals surface area contributed by atoms with E-state index in [1.165, 1.54) is 6.07 Å². The quantitative estimate of drug-likeness (QED) is 0.900. The lowest BCUT2D eigenvalue weighted by Gasteiger charge is -2.13. The first-order valence-corrected chi connectivity index (χ1v) is 6.10. The summed E-state index contributed by atoms with van der Waals surface area (Å²) < 4.78 is 15.1. The van der Waals surface area contributed by atoms with Gasteiger partial charge in [0.1, 0.15) is 5.82 Å². The minimum Gasteiger partial charge on any atom is -0.310 e. The van der Waals surface area contributed by atoms with Gasteiger partial charge in [-0.2, -0.15) is 5.10 Å². The Morgan fingerprint density at radius 2 is 2.11 bits per heavy atom. The molecule has 1 N–H and O–H groups in total. The van der Waals surface area contributed by atoms with Crippen LogP contribution in [0.3, 0.4) is 0 Å².